The summed E-state index contributed by atoms with van der Waals surface area (Å²) in [6, 6.07) is 0. The predicted octanol–water partition coefficient (Wildman–Crippen LogP) is 4.34. The van der Waals surface area contributed by atoms with Crippen LogP contribution in [0, 0.1) is 0 Å². The summed E-state index contributed by atoms with van der Waals surface area (Å²) in [4.78, 5) is 11.0. The third kappa shape index (κ3) is 5.09. The Balaban J connectivity index is 2.50. The predicted molar refractivity (Wildman–Crippen MR) is 96.2 cm³/mol. The van der Waals surface area contributed by atoms with Crippen molar-refractivity contribution in [2.45, 2.75) is 38.9 Å². The fraction of sp³-hybridized carbons (Fsp3) is 0.571. The first kappa shape index (κ1) is 18.1. The number of hydrogen-bond acceptors (Lipinski definition) is 3. The molecule has 0 bridgehead atoms. The topological polar surface area (TPSA) is 35.5 Å². The molecule has 0 aliphatic carbocycles. The average Bonchev–Trinajstić information content (AvgIpc) is 2.34. The second-order valence-electron chi connectivity index (χ2n) is 6.05. The Morgan fingerprint density at radius 3 is 2.55 bits per heavy atom. The summed E-state index contributed by atoms with van der Waals surface area (Å²) in [6.07, 6.45) is 2.46. The number of hydrogen-bond donors (Lipinski definition) is 0. The second-order valence-corrected chi connectivity index (χ2v) is 13.5. The summed E-state index contributed by atoms with van der Waals surface area (Å²) in [5.41, 5.74) is 0.567. The molecule has 0 aromatic carbocycles. The maximum absolute atomic E-state index is 11.0. The lowest BCUT2D eigenvalue weighted by molar-refractivity contribution is -0.104. The van der Waals surface area contributed by atoms with E-state index >= 15 is 0 Å². The summed E-state index contributed by atoms with van der Waals surface area (Å²) in [5, 5.41) is 0.826. The highest BCUT2D eigenvalue weighted by Gasteiger charge is 2.36. The van der Waals surface area contributed by atoms with Crippen molar-refractivity contribution in [3.05, 3.63) is 20.4 Å². The molecule has 0 fully saturated rings. The molecule has 1 aliphatic heterocycles. The molecule has 0 N–H and O–H groups in total. The number of aldehydes is 1. The van der Waals surface area contributed by atoms with Crippen LogP contribution in [0.1, 0.15) is 20.8 Å². The first-order chi connectivity index (χ1) is 9.17. The maximum Gasteiger partial charge on any atom is 0.192 e. The van der Waals surface area contributed by atoms with Gasteiger partial charge in [-0.15, -0.1) is 0 Å². The highest BCUT2D eigenvalue weighted by atomic mass is 127. The number of carbonyl (C=O) groups is 1. The fourth-order valence-electron chi connectivity index (χ4n) is 1.24. The van der Waals surface area contributed by atoms with E-state index in [9.17, 15) is 4.79 Å². The fourth-order valence-corrected chi connectivity index (χ4v) is 4.46. The van der Waals surface area contributed by atoms with E-state index in [1.54, 1.807) is 6.08 Å². The van der Waals surface area contributed by atoms with Gasteiger partial charge < -0.3 is 9.16 Å². The molecule has 1 heterocycles. The van der Waals surface area contributed by atoms with Gasteiger partial charge in [0, 0.05) is 5.03 Å². The Morgan fingerprint density at radius 2 is 2.00 bits per heavy atom. The Kier molecular flexibility index (Phi) is 6.62. The van der Waals surface area contributed by atoms with E-state index in [4.69, 9.17) is 20.8 Å². The van der Waals surface area contributed by atoms with Crippen LogP contribution < -0.4 is 0 Å². The first-order valence-electron chi connectivity index (χ1n) is 6.47. The van der Waals surface area contributed by atoms with E-state index in [-0.39, 0.29) is 5.04 Å². The van der Waals surface area contributed by atoms with Gasteiger partial charge in [0.25, 0.3) is 0 Å². The Bertz CT molecular complexity index is 462. The van der Waals surface area contributed by atoms with E-state index in [1.807, 2.05) is 4.01 Å². The minimum atomic E-state index is -1.73. The first-order valence-corrected chi connectivity index (χ1v) is 12.1. The summed E-state index contributed by atoms with van der Waals surface area (Å²) < 4.78 is 14.5. The van der Waals surface area contributed by atoms with Crippen LogP contribution in [0.15, 0.2) is 20.4 Å². The zero-order valence-electron chi connectivity index (χ0n) is 12.6. The number of carbonyl (C=O) groups excluding carboxylic acids is 1. The Hall–Kier alpha value is 0.0169. The lowest BCUT2D eigenvalue weighted by Crippen LogP contribution is -2.41. The zero-order chi connectivity index (χ0) is 15.4. The van der Waals surface area contributed by atoms with E-state index in [0.717, 1.165) is 10.1 Å². The molecule has 0 saturated heterocycles. The zero-order valence-corrected chi connectivity index (χ0v) is 16.5. The highest BCUT2D eigenvalue weighted by Crippen LogP contribution is 2.36. The molecule has 1 aliphatic rings. The monoisotopic (exact) mass is 428 g/mol. The van der Waals surface area contributed by atoms with Crippen LogP contribution in [-0.2, 0) is 14.0 Å². The van der Waals surface area contributed by atoms with Crippen LogP contribution in [0.3, 0.4) is 0 Å². The van der Waals surface area contributed by atoms with Gasteiger partial charge in [-0.05, 0) is 49.0 Å². The molecule has 114 valence electrons. The van der Waals surface area contributed by atoms with Crippen LogP contribution >= 0.6 is 32.3 Å². The molecule has 0 unspecified atom stereocenters. The summed E-state index contributed by atoms with van der Waals surface area (Å²) >= 11 is 5.44. The van der Waals surface area contributed by atoms with Crippen molar-refractivity contribution in [3.8, 4) is 0 Å². The average molecular weight is 429 g/mol. The molecule has 0 amide bonds. The van der Waals surface area contributed by atoms with Crippen LogP contribution in [0.4, 0.5) is 0 Å². The highest BCUT2D eigenvalue weighted by molar-refractivity contribution is 14.2. The Labute approximate surface area is 137 Å². The number of rotatable bonds is 6. The molecule has 0 radical (unpaired) electrons. The lowest BCUT2D eigenvalue weighted by Gasteiger charge is -2.36. The largest absolute Gasteiger partial charge is 0.485 e. The van der Waals surface area contributed by atoms with Crippen molar-refractivity contribution < 1.29 is 14.0 Å². The lowest BCUT2D eigenvalue weighted by atomic mass is 10.2. The van der Waals surface area contributed by atoms with Gasteiger partial charge in [-0.2, -0.15) is 0 Å². The van der Waals surface area contributed by atoms with Crippen molar-refractivity contribution in [2.24, 2.45) is 0 Å². The van der Waals surface area contributed by atoms with Gasteiger partial charge in [-0.3, -0.25) is 4.79 Å². The molecule has 0 spiro atoms. The molecule has 6 heteroatoms. The minimum Gasteiger partial charge on any atom is -0.485 e. The van der Waals surface area contributed by atoms with Gasteiger partial charge in [0.2, 0.25) is 0 Å². The molecule has 0 saturated carbocycles. The number of allylic oxidation sites excluding steroid dienone is 3. The smallest absolute Gasteiger partial charge is 0.192 e. The van der Waals surface area contributed by atoms with Crippen molar-refractivity contribution >= 4 is 50.9 Å². The van der Waals surface area contributed by atoms with Crippen molar-refractivity contribution in [2.75, 3.05) is 13.2 Å². The van der Waals surface area contributed by atoms with Crippen molar-refractivity contribution in [1.29, 1.82) is 0 Å². The normalized spacial score (nSPS) is 16.6. The standard InChI is InChI=1S/C14H22ClIO3Si/c1-14(2,3)20(4,5)19-7-6-18-13-11(10-17)8-12(15)9-16-13/h8-10H,6-7H2,1-5H3. The van der Waals surface area contributed by atoms with E-state index < -0.39 is 29.0 Å². The van der Waals surface area contributed by atoms with Crippen LogP contribution in [0.25, 0.3) is 0 Å². The quantitative estimate of drug-likeness (QED) is 0.273. The van der Waals surface area contributed by atoms with Gasteiger partial charge in [-0.25, -0.2) is 0 Å². The van der Waals surface area contributed by atoms with E-state index in [0.29, 0.717) is 23.8 Å². The third-order valence-corrected chi connectivity index (χ3v) is 11.1. The van der Waals surface area contributed by atoms with Gasteiger partial charge >= 0.3 is 0 Å². The van der Waals surface area contributed by atoms with Crippen LogP contribution in [-0.4, -0.2) is 31.8 Å². The van der Waals surface area contributed by atoms with E-state index in [2.05, 4.69) is 33.9 Å². The summed E-state index contributed by atoms with van der Waals surface area (Å²) in [6.45, 7) is 12.1. The minimum absolute atomic E-state index is 0.196. The number of ether oxygens (including phenoxy) is 1. The molecule has 1 rings (SSSR count). The molecule has 0 aromatic heterocycles. The summed E-state index contributed by atoms with van der Waals surface area (Å²) in [7, 11) is -1.73. The molecular weight excluding hydrogens is 407 g/mol. The van der Waals surface area contributed by atoms with Gasteiger partial charge in [0.1, 0.15) is 6.61 Å². The third-order valence-electron chi connectivity index (χ3n) is 3.49. The SMILES string of the molecule is CC(C)(C)[Si](C)(C)OCCOC1=C(C=O)C=C(Cl)C=I1. The molecule has 0 aromatic rings. The van der Waals surface area contributed by atoms with Crippen molar-refractivity contribution in [1.82, 2.24) is 0 Å². The molecule has 20 heavy (non-hydrogen) atoms. The molecule has 3 nitrogen and oxygen atoms in total. The molecular formula is C14H22ClIO3Si. The van der Waals surface area contributed by atoms with Gasteiger partial charge in [0.05, 0.1) is 12.2 Å². The Morgan fingerprint density at radius 1 is 1.35 bits per heavy atom. The second kappa shape index (κ2) is 7.33. The van der Waals surface area contributed by atoms with E-state index in [1.165, 1.54) is 0 Å². The van der Waals surface area contributed by atoms with Crippen LogP contribution in [0.5, 0.6) is 0 Å². The summed E-state index contributed by atoms with van der Waals surface area (Å²) in [5.74, 6) is 0. The van der Waals surface area contributed by atoms with Gasteiger partial charge in [-0.1, -0.05) is 32.4 Å². The molecule has 0 atom stereocenters. The van der Waals surface area contributed by atoms with Gasteiger partial charge in [0.15, 0.2) is 18.4 Å². The number of halogens is 2. The maximum atomic E-state index is 11.0. The van der Waals surface area contributed by atoms with Crippen molar-refractivity contribution in [3.63, 3.8) is 0 Å². The van der Waals surface area contributed by atoms with Crippen LogP contribution in [0.2, 0.25) is 18.1 Å².